The molecule has 0 radical (unpaired) electrons. The van der Waals surface area contributed by atoms with E-state index in [1.807, 2.05) is 0 Å². The van der Waals surface area contributed by atoms with Crippen molar-refractivity contribution in [1.82, 2.24) is 4.90 Å². The van der Waals surface area contributed by atoms with E-state index in [4.69, 9.17) is 0 Å². The van der Waals surface area contributed by atoms with Gasteiger partial charge in [-0.2, -0.15) is 0 Å². The van der Waals surface area contributed by atoms with Crippen molar-refractivity contribution in [3.8, 4) is 0 Å². The molecule has 0 amide bonds. The summed E-state index contributed by atoms with van der Waals surface area (Å²) in [4.78, 5) is 2.32. The van der Waals surface area contributed by atoms with E-state index in [-0.39, 0.29) is 6.10 Å². The highest BCUT2D eigenvalue weighted by Crippen LogP contribution is 2.46. The van der Waals surface area contributed by atoms with Gasteiger partial charge in [-0.3, -0.25) is 0 Å². The number of fused-ring (bicyclic) bond motifs is 1. The number of rotatable bonds is 5. The molecule has 3 fully saturated rings. The van der Waals surface area contributed by atoms with Gasteiger partial charge >= 0.3 is 0 Å². The predicted octanol–water partition coefficient (Wildman–Crippen LogP) is 4.71. The third-order valence-electron chi connectivity index (χ3n) is 7.33. The van der Waals surface area contributed by atoms with Crippen molar-refractivity contribution in [2.45, 2.75) is 83.2 Å². The summed E-state index contributed by atoms with van der Waals surface area (Å²) in [5.74, 6) is 3.86. The van der Waals surface area contributed by atoms with Crippen LogP contribution in [-0.2, 0) is 0 Å². The Bertz CT molecular complexity index is 350. The predicted molar refractivity (Wildman–Crippen MR) is 97.4 cm³/mol. The summed E-state index contributed by atoms with van der Waals surface area (Å²) in [7, 11) is 4.37. The summed E-state index contributed by atoms with van der Waals surface area (Å²) >= 11 is 0. The smallest absolute Gasteiger partial charge is 0.0611 e. The maximum absolute atomic E-state index is 11.2. The Balaban J connectivity index is 1.65. The van der Waals surface area contributed by atoms with Crippen LogP contribution in [0.4, 0.5) is 0 Å². The first kappa shape index (κ1) is 17.7. The molecule has 0 aromatic heterocycles. The lowest BCUT2D eigenvalue weighted by atomic mass is 9.63. The van der Waals surface area contributed by atoms with Crippen LogP contribution < -0.4 is 0 Å². The van der Waals surface area contributed by atoms with Gasteiger partial charge in [-0.25, -0.2) is 0 Å². The number of aliphatic hydroxyl groups is 1. The standard InChI is InChI=1S/C21H39NO/c1-22(2)15-20(21(23)17-9-4-3-5-10-17)19-13-12-16-8-6-7-11-18(16)14-19/h16-21,23H,3-15H2,1-2H3/t16?,18?,19?,20-,21-/m1/s1. The van der Waals surface area contributed by atoms with E-state index >= 15 is 0 Å². The molecule has 0 aromatic carbocycles. The van der Waals surface area contributed by atoms with Gasteiger partial charge in [0.1, 0.15) is 0 Å². The van der Waals surface area contributed by atoms with Crippen molar-refractivity contribution in [3.05, 3.63) is 0 Å². The van der Waals surface area contributed by atoms with Crippen LogP contribution >= 0.6 is 0 Å². The first-order valence-corrected chi connectivity index (χ1v) is 10.5. The number of aliphatic hydroxyl groups excluding tert-OH is 1. The fourth-order valence-corrected chi connectivity index (χ4v) is 6.08. The van der Waals surface area contributed by atoms with E-state index in [1.54, 1.807) is 0 Å². The minimum absolute atomic E-state index is 0.0529. The van der Waals surface area contributed by atoms with Crippen molar-refractivity contribution >= 4 is 0 Å². The summed E-state index contributed by atoms with van der Waals surface area (Å²) in [6.07, 6.45) is 16.7. The molecule has 0 spiro atoms. The van der Waals surface area contributed by atoms with E-state index in [1.165, 1.54) is 77.0 Å². The average Bonchev–Trinajstić information content (AvgIpc) is 2.59. The molecular weight excluding hydrogens is 282 g/mol. The molecule has 23 heavy (non-hydrogen) atoms. The van der Waals surface area contributed by atoms with Crippen molar-refractivity contribution in [3.63, 3.8) is 0 Å². The molecule has 3 saturated carbocycles. The Labute approximate surface area is 144 Å². The molecular formula is C21H39NO. The summed E-state index contributed by atoms with van der Waals surface area (Å²) in [6.45, 7) is 1.08. The van der Waals surface area contributed by atoms with E-state index in [9.17, 15) is 5.11 Å². The van der Waals surface area contributed by atoms with Gasteiger partial charge in [-0.1, -0.05) is 44.9 Å². The van der Waals surface area contributed by atoms with Crippen LogP contribution in [0, 0.1) is 29.6 Å². The first-order valence-electron chi connectivity index (χ1n) is 10.5. The zero-order valence-electron chi connectivity index (χ0n) is 15.6. The van der Waals surface area contributed by atoms with Gasteiger partial charge in [0.25, 0.3) is 0 Å². The van der Waals surface area contributed by atoms with Crippen molar-refractivity contribution in [2.75, 3.05) is 20.6 Å². The van der Waals surface area contributed by atoms with E-state index in [0.29, 0.717) is 11.8 Å². The summed E-state index contributed by atoms with van der Waals surface area (Å²) in [5.41, 5.74) is 0. The molecule has 134 valence electrons. The Morgan fingerprint density at radius 3 is 2.13 bits per heavy atom. The van der Waals surface area contributed by atoms with Crippen LogP contribution in [0.3, 0.4) is 0 Å². The molecule has 1 N–H and O–H groups in total. The molecule has 3 unspecified atom stereocenters. The normalized spacial score (nSPS) is 35.7. The molecule has 0 aromatic rings. The first-order chi connectivity index (χ1) is 11.1. The fraction of sp³-hybridized carbons (Fsp3) is 1.00. The van der Waals surface area contributed by atoms with Crippen molar-refractivity contribution < 1.29 is 5.11 Å². The molecule has 0 bridgehead atoms. The molecule has 2 heteroatoms. The lowest BCUT2D eigenvalue weighted by Crippen LogP contribution is -2.43. The number of nitrogens with zero attached hydrogens (tertiary/aromatic N) is 1. The van der Waals surface area contributed by atoms with Gasteiger partial charge in [0, 0.05) is 12.5 Å². The van der Waals surface area contributed by atoms with Crippen LogP contribution in [-0.4, -0.2) is 36.8 Å². The monoisotopic (exact) mass is 321 g/mol. The molecule has 5 atom stereocenters. The molecule has 3 aliphatic carbocycles. The van der Waals surface area contributed by atoms with Crippen LogP contribution in [0.1, 0.15) is 77.0 Å². The van der Waals surface area contributed by atoms with E-state index < -0.39 is 0 Å². The number of hydrogen-bond acceptors (Lipinski definition) is 2. The topological polar surface area (TPSA) is 23.5 Å². The highest BCUT2D eigenvalue weighted by atomic mass is 16.3. The van der Waals surface area contributed by atoms with Gasteiger partial charge < -0.3 is 10.0 Å². The highest BCUT2D eigenvalue weighted by Gasteiger charge is 2.39. The number of hydrogen-bond donors (Lipinski definition) is 1. The lowest BCUT2D eigenvalue weighted by molar-refractivity contribution is -0.0246. The van der Waals surface area contributed by atoms with Crippen molar-refractivity contribution in [2.24, 2.45) is 29.6 Å². The lowest BCUT2D eigenvalue weighted by Gasteiger charge is -2.45. The summed E-state index contributed by atoms with van der Waals surface area (Å²) in [6, 6.07) is 0. The second-order valence-electron chi connectivity index (χ2n) is 9.19. The van der Waals surface area contributed by atoms with Gasteiger partial charge in [0.05, 0.1) is 6.10 Å². The zero-order chi connectivity index (χ0) is 16.2. The Morgan fingerprint density at radius 2 is 1.43 bits per heavy atom. The van der Waals surface area contributed by atoms with Gasteiger partial charge in [-0.05, 0) is 69.9 Å². The Kier molecular flexibility index (Phi) is 6.43. The molecule has 0 heterocycles. The molecule has 2 nitrogen and oxygen atoms in total. The fourth-order valence-electron chi connectivity index (χ4n) is 6.08. The SMILES string of the molecule is CN(C)C[C@H](C1CCC2CCCCC2C1)[C@H](O)C1CCCCC1. The molecule has 0 aliphatic heterocycles. The minimum Gasteiger partial charge on any atom is -0.392 e. The maximum atomic E-state index is 11.2. The molecule has 0 saturated heterocycles. The van der Waals surface area contributed by atoms with E-state index in [2.05, 4.69) is 19.0 Å². The van der Waals surface area contributed by atoms with Crippen LogP contribution in [0.2, 0.25) is 0 Å². The summed E-state index contributed by atoms with van der Waals surface area (Å²) < 4.78 is 0. The van der Waals surface area contributed by atoms with Crippen molar-refractivity contribution in [1.29, 1.82) is 0 Å². The zero-order valence-corrected chi connectivity index (χ0v) is 15.6. The van der Waals surface area contributed by atoms with Gasteiger partial charge in [-0.15, -0.1) is 0 Å². The molecule has 3 aliphatic rings. The van der Waals surface area contributed by atoms with Crippen LogP contribution in [0.25, 0.3) is 0 Å². The molecule has 3 rings (SSSR count). The maximum Gasteiger partial charge on any atom is 0.0611 e. The third-order valence-corrected chi connectivity index (χ3v) is 7.33. The van der Waals surface area contributed by atoms with E-state index in [0.717, 1.165) is 24.3 Å². The average molecular weight is 322 g/mol. The highest BCUT2D eigenvalue weighted by molar-refractivity contribution is 4.90. The largest absolute Gasteiger partial charge is 0.392 e. The quantitative estimate of drug-likeness (QED) is 0.792. The Hall–Kier alpha value is -0.0800. The summed E-state index contributed by atoms with van der Waals surface area (Å²) in [5, 5.41) is 11.2. The minimum atomic E-state index is -0.0529. The second-order valence-corrected chi connectivity index (χ2v) is 9.19. The van der Waals surface area contributed by atoms with Gasteiger partial charge in [0.2, 0.25) is 0 Å². The Morgan fingerprint density at radius 1 is 0.783 bits per heavy atom. The van der Waals surface area contributed by atoms with Crippen LogP contribution in [0.5, 0.6) is 0 Å². The second kappa shape index (κ2) is 8.34. The van der Waals surface area contributed by atoms with Gasteiger partial charge in [0.15, 0.2) is 0 Å². The van der Waals surface area contributed by atoms with Crippen LogP contribution in [0.15, 0.2) is 0 Å². The third kappa shape index (κ3) is 4.51.